The number of imide groups is 1. The summed E-state index contributed by atoms with van der Waals surface area (Å²) in [6.45, 7) is 0. The Balaban J connectivity index is 1.44. The second kappa shape index (κ2) is 8.39. The van der Waals surface area contributed by atoms with Crippen molar-refractivity contribution in [3.05, 3.63) is 71.2 Å². The smallest absolute Gasteiger partial charge is 0.247 e. The van der Waals surface area contributed by atoms with Crippen molar-refractivity contribution >= 4 is 67.6 Å². The van der Waals surface area contributed by atoms with Crippen molar-refractivity contribution in [3.8, 4) is 0 Å². The lowest BCUT2D eigenvalue weighted by atomic mass is 10.1. The van der Waals surface area contributed by atoms with Gasteiger partial charge in [-0.05, 0) is 35.7 Å². The number of hydrogen-bond acceptors (Lipinski definition) is 4. The van der Waals surface area contributed by atoms with E-state index < -0.39 is 5.25 Å². The Bertz CT molecular complexity index is 1100. The number of nitrogens with zero attached hydrogens (tertiary/aromatic N) is 1. The summed E-state index contributed by atoms with van der Waals surface area (Å²) >= 11 is 4.55. The molecule has 5 nitrogen and oxygen atoms in total. The summed E-state index contributed by atoms with van der Waals surface area (Å²) in [5.74, 6) is -0.616. The van der Waals surface area contributed by atoms with E-state index >= 15 is 0 Å². The predicted molar refractivity (Wildman–Crippen MR) is 120 cm³/mol. The topological polar surface area (TPSA) is 66.5 Å². The van der Waals surface area contributed by atoms with E-state index in [9.17, 15) is 14.4 Å². The van der Waals surface area contributed by atoms with Crippen molar-refractivity contribution in [2.75, 3.05) is 16.0 Å². The molecule has 146 valence electrons. The summed E-state index contributed by atoms with van der Waals surface area (Å²) < 4.78 is 0.925. The number of carbonyl (C=O) groups excluding carboxylic acids is 3. The molecule has 7 heteroatoms. The van der Waals surface area contributed by atoms with Gasteiger partial charge in [-0.3, -0.25) is 14.4 Å². The molecule has 3 amide bonds. The van der Waals surface area contributed by atoms with Gasteiger partial charge in [0.05, 0.1) is 16.7 Å². The van der Waals surface area contributed by atoms with Crippen LogP contribution in [-0.4, -0.2) is 28.7 Å². The molecule has 1 N–H and O–H groups in total. The van der Waals surface area contributed by atoms with Gasteiger partial charge in [-0.15, -0.1) is 11.8 Å². The number of thioether (sulfide) groups is 1. The van der Waals surface area contributed by atoms with Crippen LogP contribution in [0.4, 0.5) is 11.4 Å². The average Bonchev–Trinajstić information content (AvgIpc) is 3.01. The van der Waals surface area contributed by atoms with Crippen LogP contribution in [0.5, 0.6) is 0 Å². The zero-order chi connectivity index (χ0) is 20.4. The molecule has 1 atom stereocenters. The normalized spacial score (nSPS) is 16.4. The second-order valence-electron chi connectivity index (χ2n) is 6.62. The number of amides is 3. The number of anilines is 2. The van der Waals surface area contributed by atoms with Gasteiger partial charge in [0.2, 0.25) is 17.7 Å². The van der Waals surface area contributed by atoms with Gasteiger partial charge in [0.15, 0.2) is 0 Å². The van der Waals surface area contributed by atoms with Crippen LogP contribution in [0.3, 0.4) is 0 Å². The number of carbonyl (C=O) groups is 3. The number of fused-ring (bicyclic) bond motifs is 1. The first-order valence-corrected chi connectivity index (χ1v) is 10.9. The molecule has 0 spiro atoms. The van der Waals surface area contributed by atoms with Crippen LogP contribution in [0.2, 0.25) is 0 Å². The van der Waals surface area contributed by atoms with Crippen LogP contribution in [0, 0.1) is 0 Å². The Labute approximate surface area is 180 Å². The predicted octanol–water partition coefficient (Wildman–Crippen LogP) is 4.61. The Hall–Kier alpha value is -2.64. The summed E-state index contributed by atoms with van der Waals surface area (Å²) in [5.41, 5.74) is 1.28. The maximum atomic E-state index is 12.9. The Morgan fingerprint density at radius 3 is 2.55 bits per heavy atom. The van der Waals surface area contributed by atoms with E-state index in [1.165, 1.54) is 16.7 Å². The van der Waals surface area contributed by atoms with Gasteiger partial charge in [0, 0.05) is 22.0 Å². The molecule has 3 aromatic rings. The first-order chi connectivity index (χ1) is 14.0. The molecule has 0 unspecified atom stereocenters. The summed E-state index contributed by atoms with van der Waals surface area (Å²) in [6, 6.07) is 20.5. The number of hydrogen-bond donors (Lipinski definition) is 1. The third kappa shape index (κ3) is 4.21. The highest BCUT2D eigenvalue weighted by Gasteiger charge is 2.40. The second-order valence-corrected chi connectivity index (χ2v) is 8.73. The van der Waals surface area contributed by atoms with Crippen LogP contribution < -0.4 is 10.2 Å². The van der Waals surface area contributed by atoms with Crippen LogP contribution in [0.15, 0.2) is 71.2 Å². The van der Waals surface area contributed by atoms with Gasteiger partial charge in [0.25, 0.3) is 0 Å². The SMILES string of the molecule is O=C(CS[C@H]1CC(=O)N(c2cccc3ccccc23)C1=O)Nc1ccc(Br)cc1. The van der Waals surface area contributed by atoms with E-state index in [-0.39, 0.29) is 29.9 Å². The highest BCUT2D eigenvalue weighted by Crippen LogP contribution is 2.34. The molecule has 0 radical (unpaired) electrons. The van der Waals surface area contributed by atoms with Gasteiger partial charge in [-0.25, -0.2) is 4.90 Å². The monoisotopic (exact) mass is 468 g/mol. The number of benzene rings is 3. The minimum atomic E-state index is -0.558. The lowest BCUT2D eigenvalue weighted by Crippen LogP contribution is -2.31. The van der Waals surface area contributed by atoms with Crippen molar-refractivity contribution < 1.29 is 14.4 Å². The Kier molecular flexibility index (Phi) is 5.69. The number of halogens is 1. The summed E-state index contributed by atoms with van der Waals surface area (Å²) in [7, 11) is 0. The minimum absolute atomic E-state index is 0.0955. The summed E-state index contributed by atoms with van der Waals surface area (Å²) in [4.78, 5) is 39.0. The molecule has 0 saturated carbocycles. The van der Waals surface area contributed by atoms with Gasteiger partial charge in [-0.1, -0.05) is 52.3 Å². The van der Waals surface area contributed by atoms with Crippen molar-refractivity contribution in [2.45, 2.75) is 11.7 Å². The standard InChI is InChI=1S/C22H17BrN2O3S/c23-15-8-10-16(11-9-15)24-20(26)13-29-19-12-21(27)25(22(19)28)18-7-3-5-14-4-1-2-6-17(14)18/h1-11,19H,12-13H2,(H,24,26)/t19-/m0/s1. The van der Waals surface area contributed by atoms with Crippen LogP contribution in [-0.2, 0) is 14.4 Å². The van der Waals surface area contributed by atoms with Crippen molar-refractivity contribution in [2.24, 2.45) is 0 Å². The van der Waals surface area contributed by atoms with Gasteiger partial charge in [-0.2, -0.15) is 0 Å². The van der Waals surface area contributed by atoms with E-state index in [2.05, 4.69) is 21.2 Å². The van der Waals surface area contributed by atoms with E-state index in [4.69, 9.17) is 0 Å². The molecule has 1 aliphatic heterocycles. The summed E-state index contributed by atoms with van der Waals surface area (Å²) in [5, 5.41) is 4.06. The molecule has 4 rings (SSSR count). The number of rotatable bonds is 5. The van der Waals surface area contributed by atoms with Crippen molar-refractivity contribution in [3.63, 3.8) is 0 Å². The van der Waals surface area contributed by atoms with Crippen LogP contribution >= 0.6 is 27.7 Å². The van der Waals surface area contributed by atoms with E-state index in [1.54, 1.807) is 18.2 Å². The van der Waals surface area contributed by atoms with Crippen molar-refractivity contribution in [1.29, 1.82) is 0 Å². The minimum Gasteiger partial charge on any atom is -0.325 e. The largest absolute Gasteiger partial charge is 0.325 e. The molecule has 29 heavy (non-hydrogen) atoms. The molecule has 0 aliphatic carbocycles. The molecular weight excluding hydrogens is 452 g/mol. The van der Waals surface area contributed by atoms with E-state index in [1.807, 2.05) is 48.5 Å². The molecule has 1 saturated heterocycles. The Morgan fingerprint density at radius 2 is 1.76 bits per heavy atom. The first-order valence-electron chi connectivity index (χ1n) is 9.04. The third-order valence-corrected chi connectivity index (χ3v) is 6.38. The van der Waals surface area contributed by atoms with Gasteiger partial charge in [0.1, 0.15) is 0 Å². The fraction of sp³-hybridized carbons (Fsp3) is 0.136. The van der Waals surface area contributed by atoms with E-state index in [0.29, 0.717) is 11.4 Å². The van der Waals surface area contributed by atoms with Crippen LogP contribution in [0.25, 0.3) is 10.8 Å². The number of nitrogens with one attached hydrogen (secondary N) is 1. The van der Waals surface area contributed by atoms with Crippen molar-refractivity contribution in [1.82, 2.24) is 0 Å². The molecule has 1 heterocycles. The van der Waals surface area contributed by atoms with Gasteiger partial charge >= 0.3 is 0 Å². The van der Waals surface area contributed by atoms with Crippen LogP contribution in [0.1, 0.15) is 6.42 Å². The lowest BCUT2D eigenvalue weighted by molar-refractivity contribution is -0.121. The lowest BCUT2D eigenvalue weighted by Gasteiger charge is -2.17. The highest BCUT2D eigenvalue weighted by atomic mass is 79.9. The highest BCUT2D eigenvalue weighted by molar-refractivity contribution is 9.10. The molecular formula is C22H17BrN2O3S. The Morgan fingerprint density at radius 1 is 1.03 bits per heavy atom. The quantitative estimate of drug-likeness (QED) is 0.555. The zero-order valence-electron chi connectivity index (χ0n) is 15.3. The van der Waals surface area contributed by atoms with E-state index in [0.717, 1.165) is 15.2 Å². The zero-order valence-corrected chi connectivity index (χ0v) is 17.7. The molecule has 0 bridgehead atoms. The third-order valence-electron chi connectivity index (χ3n) is 4.66. The average molecular weight is 469 g/mol. The first kappa shape index (κ1) is 19.7. The van der Waals surface area contributed by atoms with Gasteiger partial charge < -0.3 is 5.32 Å². The molecule has 3 aromatic carbocycles. The maximum Gasteiger partial charge on any atom is 0.247 e. The summed E-state index contributed by atoms with van der Waals surface area (Å²) in [6.07, 6.45) is 0.0955. The molecule has 0 aromatic heterocycles. The fourth-order valence-corrected chi connectivity index (χ4v) is 4.49. The molecule has 1 aliphatic rings. The molecule has 1 fully saturated rings. The fourth-order valence-electron chi connectivity index (χ4n) is 3.30. The maximum absolute atomic E-state index is 12.9.